The molecule has 134 valence electrons. The van der Waals surface area contributed by atoms with E-state index in [-0.39, 0.29) is 11.6 Å². The summed E-state index contributed by atoms with van der Waals surface area (Å²) in [4.78, 5) is 18.4. The van der Waals surface area contributed by atoms with Crippen molar-refractivity contribution in [1.82, 2.24) is 19.9 Å². The fourth-order valence-electron chi connectivity index (χ4n) is 2.61. The predicted octanol–water partition coefficient (Wildman–Crippen LogP) is 3.10. The number of ether oxygens (including phenoxy) is 2. The van der Waals surface area contributed by atoms with E-state index in [2.05, 4.69) is 19.9 Å². The Morgan fingerprint density at radius 1 is 1.38 bits per heavy atom. The minimum atomic E-state index is -0.381. The van der Waals surface area contributed by atoms with Gasteiger partial charge in [-0.1, -0.05) is 17.8 Å². The molecule has 3 heterocycles. The fourth-order valence-corrected chi connectivity index (χ4v) is 3.38. The van der Waals surface area contributed by atoms with Gasteiger partial charge in [0.05, 0.1) is 26.2 Å². The third-order valence-electron chi connectivity index (χ3n) is 3.89. The highest BCUT2D eigenvalue weighted by Crippen LogP contribution is 2.28. The van der Waals surface area contributed by atoms with Gasteiger partial charge in [-0.3, -0.25) is 0 Å². The number of hydrogen-bond acceptors (Lipinski definition) is 7. The second kappa shape index (κ2) is 7.20. The van der Waals surface area contributed by atoms with Gasteiger partial charge in [-0.2, -0.15) is 0 Å². The van der Waals surface area contributed by atoms with Gasteiger partial charge in [0.2, 0.25) is 0 Å². The number of methoxy groups -OCH3 is 1. The summed E-state index contributed by atoms with van der Waals surface area (Å²) in [5.41, 5.74) is 2.20. The van der Waals surface area contributed by atoms with Crippen molar-refractivity contribution in [2.45, 2.75) is 10.9 Å². The summed E-state index contributed by atoms with van der Waals surface area (Å²) in [6, 6.07) is 4.91. The van der Waals surface area contributed by atoms with Gasteiger partial charge in [0.1, 0.15) is 12.1 Å². The molecule has 0 saturated heterocycles. The van der Waals surface area contributed by atoms with E-state index in [0.717, 1.165) is 16.9 Å². The number of thioether (sulfide) groups is 1. The molecule has 0 spiro atoms. The number of halogens is 1. The monoisotopic (exact) mass is 373 g/mol. The molecule has 0 amide bonds. The molecule has 26 heavy (non-hydrogen) atoms. The van der Waals surface area contributed by atoms with Crippen LogP contribution in [0.25, 0.3) is 11.2 Å². The summed E-state index contributed by atoms with van der Waals surface area (Å²) in [6.07, 6.45) is 5.07. The maximum absolute atomic E-state index is 13.8. The van der Waals surface area contributed by atoms with Crippen LogP contribution in [0.3, 0.4) is 0 Å². The maximum atomic E-state index is 13.8. The fraction of sp³-hybridized carbons (Fsp3) is 0.235. The van der Waals surface area contributed by atoms with Crippen molar-refractivity contribution >= 4 is 28.7 Å². The van der Waals surface area contributed by atoms with Crippen LogP contribution >= 0.6 is 11.8 Å². The minimum absolute atomic E-state index is 0.231. The largest absolute Gasteiger partial charge is 0.498 e. The Bertz CT molecular complexity index is 961. The van der Waals surface area contributed by atoms with Gasteiger partial charge in [0.15, 0.2) is 28.2 Å². The Morgan fingerprint density at radius 2 is 2.31 bits per heavy atom. The van der Waals surface area contributed by atoms with Crippen molar-refractivity contribution in [3.8, 4) is 5.75 Å². The van der Waals surface area contributed by atoms with Gasteiger partial charge >= 0.3 is 0 Å². The molecule has 9 heteroatoms. The zero-order valence-electron chi connectivity index (χ0n) is 14.0. The number of hydrogen-bond donors (Lipinski definition) is 1. The zero-order valence-corrected chi connectivity index (χ0v) is 14.8. The third-order valence-corrected chi connectivity index (χ3v) is 4.81. The van der Waals surface area contributed by atoms with Crippen LogP contribution in [0.2, 0.25) is 0 Å². The standard InChI is InChI=1S/C17H16FN5O2S/c1-24-13-3-2-11(8-12(13)18)9-26-17-21-15-14(19-10-20-15)16(22-17)23-4-6-25-7-5-23/h2-4,6,8,10H,5,7,9H2,1H3,(H,19,20,21,22). The molecule has 0 aliphatic carbocycles. The quantitative estimate of drug-likeness (QED) is 0.544. The smallest absolute Gasteiger partial charge is 0.192 e. The molecular formula is C17H16FN5O2S. The molecule has 1 aliphatic rings. The number of H-pyrrole nitrogens is 1. The Labute approximate surface area is 153 Å². The van der Waals surface area contributed by atoms with Gasteiger partial charge in [-0.15, -0.1) is 0 Å². The molecule has 0 radical (unpaired) electrons. The van der Waals surface area contributed by atoms with Crippen molar-refractivity contribution in [3.63, 3.8) is 0 Å². The van der Waals surface area contributed by atoms with Crippen LogP contribution in [-0.2, 0) is 10.5 Å². The number of aromatic nitrogens is 4. The highest BCUT2D eigenvalue weighted by molar-refractivity contribution is 7.98. The average molecular weight is 373 g/mol. The average Bonchev–Trinajstić information content (AvgIpc) is 3.15. The summed E-state index contributed by atoms with van der Waals surface area (Å²) in [6.45, 7) is 1.28. The molecule has 0 atom stereocenters. The van der Waals surface area contributed by atoms with Crippen LogP contribution in [0.15, 0.2) is 42.1 Å². The number of imidazole rings is 1. The minimum Gasteiger partial charge on any atom is -0.498 e. The molecule has 2 aromatic heterocycles. The first-order valence-corrected chi connectivity index (χ1v) is 8.94. The molecule has 4 rings (SSSR count). The second-order valence-electron chi connectivity index (χ2n) is 5.54. The lowest BCUT2D eigenvalue weighted by Crippen LogP contribution is -2.25. The lowest BCUT2D eigenvalue weighted by molar-refractivity contribution is 0.245. The number of aromatic amines is 1. The van der Waals surface area contributed by atoms with Gasteiger partial charge in [0.25, 0.3) is 0 Å². The van der Waals surface area contributed by atoms with Crippen molar-refractivity contribution in [1.29, 1.82) is 0 Å². The molecule has 0 saturated carbocycles. The van der Waals surface area contributed by atoms with Crippen LogP contribution < -0.4 is 9.64 Å². The van der Waals surface area contributed by atoms with Crippen LogP contribution in [0, 0.1) is 5.82 Å². The first kappa shape index (κ1) is 16.6. The van der Waals surface area contributed by atoms with E-state index in [1.54, 1.807) is 18.7 Å². The molecule has 1 aromatic carbocycles. The number of benzene rings is 1. The summed E-state index contributed by atoms with van der Waals surface area (Å²) in [5.74, 6) is 1.13. The Morgan fingerprint density at radius 3 is 3.08 bits per heavy atom. The van der Waals surface area contributed by atoms with E-state index in [1.165, 1.54) is 24.9 Å². The van der Waals surface area contributed by atoms with Gasteiger partial charge in [-0.25, -0.2) is 19.3 Å². The van der Waals surface area contributed by atoms with E-state index in [9.17, 15) is 4.39 Å². The topological polar surface area (TPSA) is 76.2 Å². The molecule has 1 N–H and O–H groups in total. The number of rotatable bonds is 5. The van der Waals surface area contributed by atoms with Crippen molar-refractivity contribution in [2.24, 2.45) is 0 Å². The molecule has 7 nitrogen and oxygen atoms in total. The van der Waals surface area contributed by atoms with Gasteiger partial charge in [-0.05, 0) is 17.7 Å². The van der Waals surface area contributed by atoms with Crippen molar-refractivity contribution in [2.75, 3.05) is 25.2 Å². The van der Waals surface area contributed by atoms with Crippen molar-refractivity contribution < 1.29 is 13.9 Å². The Balaban J connectivity index is 1.59. The van der Waals surface area contributed by atoms with Crippen molar-refractivity contribution in [3.05, 3.63) is 48.4 Å². The van der Waals surface area contributed by atoms with Gasteiger partial charge < -0.3 is 19.4 Å². The van der Waals surface area contributed by atoms with E-state index >= 15 is 0 Å². The van der Waals surface area contributed by atoms with Crippen LogP contribution in [0.5, 0.6) is 5.75 Å². The highest BCUT2D eigenvalue weighted by atomic mass is 32.2. The summed E-state index contributed by atoms with van der Waals surface area (Å²) in [5, 5.41) is 0.579. The molecular weight excluding hydrogens is 357 g/mol. The Kier molecular flexibility index (Phi) is 4.61. The van der Waals surface area contributed by atoms with Crippen LogP contribution in [0.1, 0.15) is 5.56 Å². The zero-order chi connectivity index (χ0) is 17.9. The molecule has 0 unspecified atom stereocenters. The molecule has 3 aromatic rings. The first-order valence-electron chi connectivity index (χ1n) is 7.96. The lowest BCUT2D eigenvalue weighted by atomic mass is 10.2. The van der Waals surface area contributed by atoms with E-state index in [1.807, 2.05) is 17.2 Å². The first-order chi connectivity index (χ1) is 12.7. The SMILES string of the molecule is COc1ccc(CSc2nc(N3C=COCC3)c3[nH]cnc3n2)cc1F. The highest BCUT2D eigenvalue weighted by Gasteiger charge is 2.17. The maximum Gasteiger partial charge on any atom is 0.192 e. The van der Waals surface area contributed by atoms with E-state index in [0.29, 0.717) is 29.7 Å². The lowest BCUT2D eigenvalue weighted by Gasteiger charge is -2.22. The number of fused-ring (bicyclic) bond motifs is 1. The molecule has 1 aliphatic heterocycles. The summed E-state index contributed by atoms with van der Waals surface area (Å²) < 4.78 is 24.0. The predicted molar refractivity (Wildman–Crippen MR) is 96.6 cm³/mol. The van der Waals surface area contributed by atoms with E-state index < -0.39 is 0 Å². The van der Waals surface area contributed by atoms with Crippen LogP contribution in [0.4, 0.5) is 10.2 Å². The van der Waals surface area contributed by atoms with Gasteiger partial charge in [0, 0.05) is 12.0 Å². The number of anilines is 1. The molecule has 0 fully saturated rings. The Hall–Kier alpha value is -2.81. The summed E-state index contributed by atoms with van der Waals surface area (Å²) in [7, 11) is 1.45. The van der Waals surface area contributed by atoms with Crippen LogP contribution in [-0.4, -0.2) is 40.2 Å². The number of nitrogens with one attached hydrogen (secondary N) is 1. The van der Waals surface area contributed by atoms with E-state index in [4.69, 9.17) is 9.47 Å². The number of nitrogens with zero attached hydrogens (tertiary/aromatic N) is 4. The third kappa shape index (κ3) is 3.30. The normalized spacial score (nSPS) is 13.8. The summed E-state index contributed by atoms with van der Waals surface area (Å²) >= 11 is 1.43. The molecule has 0 bridgehead atoms. The second-order valence-corrected chi connectivity index (χ2v) is 6.48.